The monoisotopic (exact) mass is 491 g/mol. The van der Waals surface area contributed by atoms with Gasteiger partial charge in [0, 0.05) is 23.9 Å². The minimum absolute atomic E-state index is 0.138. The summed E-state index contributed by atoms with van der Waals surface area (Å²) in [6.07, 6.45) is 3.99. The smallest absolute Gasteiger partial charge is 0.266 e. The minimum Gasteiger partial charge on any atom is -0.302 e. The lowest BCUT2D eigenvalue weighted by molar-refractivity contribution is -0.122. The van der Waals surface area contributed by atoms with E-state index in [1.54, 1.807) is 0 Å². The molecule has 4 rings (SSSR count). The standard InChI is InChI=1S/C25H21N3O2S3/c1-17(14-18-8-4-2-5-9-18)15-21-23(30)28(25(31)33-21)13-12-22(29)27-24-26-20(16-32-24)19-10-6-3-7-11-19/h2-11,14-16H,12-13H2,1H3,(H,26,27,29). The first kappa shape index (κ1) is 23.1. The zero-order chi connectivity index (χ0) is 23.2. The Morgan fingerprint density at radius 1 is 1.12 bits per heavy atom. The van der Waals surface area contributed by atoms with E-state index in [2.05, 4.69) is 10.3 Å². The van der Waals surface area contributed by atoms with Crippen LogP contribution in [0.15, 0.2) is 82.6 Å². The van der Waals surface area contributed by atoms with Crippen molar-refractivity contribution < 1.29 is 9.59 Å². The van der Waals surface area contributed by atoms with Crippen molar-refractivity contribution >= 4 is 62.7 Å². The topological polar surface area (TPSA) is 62.3 Å². The van der Waals surface area contributed by atoms with Crippen LogP contribution in [0, 0.1) is 0 Å². The van der Waals surface area contributed by atoms with Crippen LogP contribution in [0.2, 0.25) is 0 Å². The van der Waals surface area contributed by atoms with E-state index < -0.39 is 0 Å². The molecule has 33 heavy (non-hydrogen) atoms. The van der Waals surface area contributed by atoms with Gasteiger partial charge in [0.05, 0.1) is 10.6 Å². The van der Waals surface area contributed by atoms with E-state index in [-0.39, 0.29) is 24.8 Å². The summed E-state index contributed by atoms with van der Waals surface area (Å²) >= 11 is 8.02. The van der Waals surface area contributed by atoms with E-state index in [4.69, 9.17) is 12.2 Å². The maximum atomic E-state index is 12.8. The third kappa shape index (κ3) is 6.04. The Morgan fingerprint density at radius 3 is 2.55 bits per heavy atom. The van der Waals surface area contributed by atoms with E-state index in [0.717, 1.165) is 22.4 Å². The number of carbonyl (C=O) groups is 2. The molecule has 1 N–H and O–H groups in total. The normalized spacial score (nSPS) is 15.4. The van der Waals surface area contributed by atoms with E-state index in [1.165, 1.54) is 28.0 Å². The molecule has 1 fully saturated rings. The van der Waals surface area contributed by atoms with Crippen LogP contribution >= 0.6 is 35.3 Å². The molecule has 1 saturated heterocycles. The minimum atomic E-state index is -0.206. The number of carbonyl (C=O) groups excluding carboxylic acids is 2. The largest absolute Gasteiger partial charge is 0.302 e. The van der Waals surface area contributed by atoms with E-state index in [1.807, 2.05) is 85.1 Å². The van der Waals surface area contributed by atoms with Crippen molar-refractivity contribution in [2.75, 3.05) is 11.9 Å². The Hall–Kier alpha value is -3.07. The van der Waals surface area contributed by atoms with Crippen LogP contribution in [0.1, 0.15) is 18.9 Å². The Labute approximate surface area is 206 Å². The number of rotatable bonds is 7. The lowest BCUT2D eigenvalue weighted by atomic mass is 10.1. The number of allylic oxidation sites excluding steroid dienone is 2. The first-order chi connectivity index (χ1) is 16.0. The predicted molar refractivity (Wildman–Crippen MR) is 141 cm³/mol. The molecule has 1 aromatic heterocycles. The SMILES string of the molecule is CC(=Cc1ccccc1)C=C1SC(=S)N(CCC(=O)Nc2nc(-c3ccccc3)cs2)C1=O. The number of hydrogen-bond donors (Lipinski definition) is 1. The van der Waals surface area contributed by atoms with Crippen LogP contribution in [0.5, 0.6) is 0 Å². The van der Waals surface area contributed by atoms with Crippen molar-refractivity contribution in [1.29, 1.82) is 0 Å². The lowest BCUT2D eigenvalue weighted by Crippen LogP contribution is -2.31. The van der Waals surface area contributed by atoms with Gasteiger partial charge < -0.3 is 5.32 Å². The van der Waals surface area contributed by atoms with Gasteiger partial charge in [-0.3, -0.25) is 14.5 Å². The van der Waals surface area contributed by atoms with E-state index in [9.17, 15) is 9.59 Å². The maximum absolute atomic E-state index is 12.8. The van der Waals surface area contributed by atoms with Crippen molar-refractivity contribution in [3.8, 4) is 11.3 Å². The van der Waals surface area contributed by atoms with Gasteiger partial charge in [-0.2, -0.15) is 0 Å². The van der Waals surface area contributed by atoms with E-state index in [0.29, 0.717) is 14.4 Å². The molecule has 0 bridgehead atoms. The van der Waals surface area contributed by atoms with Gasteiger partial charge in [-0.05, 0) is 24.1 Å². The molecule has 1 aliphatic heterocycles. The zero-order valence-corrected chi connectivity index (χ0v) is 20.3. The highest BCUT2D eigenvalue weighted by Crippen LogP contribution is 2.32. The molecule has 0 unspecified atom stereocenters. The molecule has 3 aromatic rings. The molecule has 0 radical (unpaired) electrons. The number of nitrogens with one attached hydrogen (secondary N) is 1. The van der Waals surface area contributed by atoms with Crippen LogP contribution in [0.25, 0.3) is 17.3 Å². The summed E-state index contributed by atoms with van der Waals surface area (Å²) in [5.74, 6) is -0.374. The van der Waals surface area contributed by atoms with Crippen LogP contribution in [-0.2, 0) is 9.59 Å². The molecule has 5 nitrogen and oxygen atoms in total. The van der Waals surface area contributed by atoms with Gasteiger partial charge in [0.1, 0.15) is 4.32 Å². The van der Waals surface area contributed by atoms with E-state index >= 15 is 0 Å². The number of amides is 2. The fourth-order valence-corrected chi connectivity index (χ4v) is 5.32. The highest BCUT2D eigenvalue weighted by molar-refractivity contribution is 8.26. The average molecular weight is 492 g/mol. The van der Waals surface area contributed by atoms with Gasteiger partial charge in [0.25, 0.3) is 5.91 Å². The number of thioether (sulfide) groups is 1. The summed E-state index contributed by atoms with van der Waals surface area (Å²) < 4.78 is 0.465. The number of nitrogens with zero attached hydrogens (tertiary/aromatic N) is 2. The van der Waals surface area contributed by atoms with Gasteiger partial charge in [-0.1, -0.05) is 90.7 Å². The molecule has 2 heterocycles. The fraction of sp³-hybridized carbons (Fsp3) is 0.120. The molecule has 1 aliphatic rings. The van der Waals surface area contributed by atoms with Crippen LogP contribution < -0.4 is 5.32 Å². The maximum Gasteiger partial charge on any atom is 0.266 e. The van der Waals surface area contributed by atoms with Gasteiger partial charge >= 0.3 is 0 Å². The Morgan fingerprint density at radius 2 is 1.82 bits per heavy atom. The number of thiocarbonyl (C=S) groups is 1. The second-order valence-corrected chi connectivity index (χ2v) is 9.87. The van der Waals surface area contributed by atoms with Crippen LogP contribution in [0.3, 0.4) is 0 Å². The molecule has 0 spiro atoms. The third-order valence-electron chi connectivity index (χ3n) is 4.81. The van der Waals surface area contributed by atoms with Crippen molar-refractivity contribution in [2.45, 2.75) is 13.3 Å². The third-order valence-corrected chi connectivity index (χ3v) is 6.94. The van der Waals surface area contributed by atoms with Gasteiger partial charge in [0.15, 0.2) is 5.13 Å². The molecule has 2 aromatic carbocycles. The Kier molecular flexibility index (Phi) is 7.49. The summed E-state index contributed by atoms with van der Waals surface area (Å²) in [6.45, 7) is 2.18. The van der Waals surface area contributed by atoms with Crippen molar-refractivity contribution in [2.24, 2.45) is 0 Å². The highest BCUT2D eigenvalue weighted by atomic mass is 32.2. The zero-order valence-electron chi connectivity index (χ0n) is 17.9. The lowest BCUT2D eigenvalue weighted by Gasteiger charge is -2.13. The van der Waals surface area contributed by atoms with Crippen LogP contribution in [-0.4, -0.2) is 32.6 Å². The molecule has 8 heteroatoms. The second-order valence-electron chi connectivity index (χ2n) is 7.33. The number of benzene rings is 2. The fourth-order valence-electron chi connectivity index (χ4n) is 3.22. The summed E-state index contributed by atoms with van der Waals surface area (Å²) in [5, 5.41) is 5.25. The number of thiazole rings is 1. The molecular weight excluding hydrogens is 470 g/mol. The molecule has 0 atom stereocenters. The number of hydrogen-bond acceptors (Lipinski definition) is 6. The van der Waals surface area contributed by atoms with Gasteiger partial charge in [0.2, 0.25) is 5.91 Å². The van der Waals surface area contributed by atoms with Crippen molar-refractivity contribution in [3.63, 3.8) is 0 Å². The average Bonchev–Trinajstić information content (AvgIpc) is 3.38. The summed E-state index contributed by atoms with van der Waals surface area (Å²) in [7, 11) is 0. The molecular formula is C25H21N3O2S3. The predicted octanol–water partition coefficient (Wildman–Crippen LogP) is 5.99. The van der Waals surface area contributed by atoms with Crippen molar-refractivity contribution in [1.82, 2.24) is 9.88 Å². The van der Waals surface area contributed by atoms with Crippen molar-refractivity contribution in [3.05, 3.63) is 88.2 Å². The summed E-state index contributed by atoms with van der Waals surface area (Å²) in [5.41, 5.74) is 3.83. The number of anilines is 1. The molecule has 2 amide bonds. The van der Waals surface area contributed by atoms with Gasteiger partial charge in [-0.25, -0.2) is 4.98 Å². The highest BCUT2D eigenvalue weighted by Gasteiger charge is 2.32. The molecule has 166 valence electrons. The number of aromatic nitrogens is 1. The first-order valence-electron chi connectivity index (χ1n) is 10.3. The Bertz CT molecular complexity index is 1230. The van der Waals surface area contributed by atoms with Crippen LogP contribution in [0.4, 0.5) is 5.13 Å². The Balaban J connectivity index is 1.33. The first-order valence-corrected chi connectivity index (χ1v) is 12.4. The van der Waals surface area contributed by atoms with Gasteiger partial charge in [-0.15, -0.1) is 11.3 Å². The second kappa shape index (κ2) is 10.7. The molecule has 0 saturated carbocycles. The summed E-state index contributed by atoms with van der Waals surface area (Å²) in [6, 6.07) is 19.7. The molecule has 0 aliphatic carbocycles. The summed E-state index contributed by atoms with van der Waals surface area (Å²) in [4.78, 5) is 31.8. The quantitative estimate of drug-likeness (QED) is 0.325.